The predicted molar refractivity (Wildman–Crippen MR) is 77.7 cm³/mol. The van der Waals surface area contributed by atoms with Crippen molar-refractivity contribution in [2.45, 2.75) is 19.9 Å². The Morgan fingerprint density at radius 3 is 2.90 bits per heavy atom. The van der Waals surface area contributed by atoms with Crippen molar-refractivity contribution in [2.75, 3.05) is 19.0 Å². The van der Waals surface area contributed by atoms with Crippen LogP contribution in [0.4, 0.5) is 11.7 Å². The second kappa shape index (κ2) is 6.58. The van der Waals surface area contributed by atoms with Gasteiger partial charge < -0.3 is 19.8 Å². The van der Waals surface area contributed by atoms with E-state index in [1.54, 1.807) is 19.2 Å². The Bertz CT molecular complexity index is 573. The lowest BCUT2D eigenvalue weighted by molar-refractivity contribution is 0.415. The second-order valence-corrected chi connectivity index (χ2v) is 4.61. The summed E-state index contributed by atoms with van der Waals surface area (Å²) in [5.74, 6) is 1.12. The van der Waals surface area contributed by atoms with Crippen LogP contribution in [0, 0.1) is 0 Å². The van der Waals surface area contributed by atoms with Gasteiger partial charge in [0.05, 0.1) is 18.2 Å². The van der Waals surface area contributed by atoms with E-state index in [2.05, 4.69) is 20.8 Å². The van der Waals surface area contributed by atoms with E-state index < -0.39 is 0 Å². The van der Waals surface area contributed by atoms with E-state index in [9.17, 15) is 0 Å². The Morgan fingerprint density at radius 1 is 1.40 bits per heavy atom. The summed E-state index contributed by atoms with van der Waals surface area (Å²) in [4.78, 5) is 0. The monoisotopic (exact) mass is 296 g/mol. The Hall–Kier alpha value is -1.79. The van der Waals surface area contributed by atoms with Crippen LogP contribution in [0.5, 0.6) is 5.75 Å². The average molecular weight is 297 g/mol. The molecule has 1 heterocycles. The molecule has 0 fully saturated rings. The minimum Gasteiger partial charge on any atom is -0.495 e. The van der Waals surface area contributed by atoms with Gasteiger partial charge in [0.2, 0.25) is 5.89 Å². The first-order valence-electron chi connectivity index (χ1n) is 6.31. The molecule has 1 aromatic heterocycles. The van der Waals surface area contributed by atoms with Crippen LogP contribution in [-0.2, 0) is 0 Å². The van der Waals surface area contributed by atoms with E-state index in [-0.39, 0.29) is 6.04 Å². The van der Waals surface area contributed by atoms with Crippen molar-refractivity contribution in [1.29, 1.82) is 0 Å². The van der Waals surface area contributed by atoms with E-state index in [1.807, 2.05) is 19.9 Å². The molecule has 0 bridgehead atoms. The number of nitrogens with zero attached hydrogens (tertiary/aromatic N) is 2. The van der Waals surface area contributed by atoms with Crippen LogP contribution in [0.2, 0.25) is 5.02 Å². The minimum absolute atomic E-state index is 0.0165. The fourth-order valence-corrected chi connectivity index (χ4v) is 1.91. The highest BCUT2D eigenvalue weighted by Crippen LogP contribution is 2.28. The quantitative estimate of drug-likeness (QED) is 0.853. The molecule has 1 unspecified atom stereocenters. The molecule has 108 valence electrons. The van der Waals surface area contributed by atoms with Crippen molar-refractivity contribution in [2.24, 2.45) is 0 Å². The van der Waals surface area contributed by atoms with Gasteiger partial charge in [-0.3, -0.25) is 0 Å². The van der Waals surface area contributed by atoms with Gasteiger partial charge in [0.1, 0.15) is 5.75 Å². The first-order valence-corrected chi connectivity index (χ1v) is 6.69. The largest absolute Gasteiger partial charge is 0.495 e. The summed E-state index contributed by atoms with van der Waals surface area (Å²) < 4.78 is 10.7. The summed E-state index contributed by atoms with van der Waals surface area (Å²) in [5, 5.41) is 14.7. The number of benzene rings is 1. The molecule has 6 nitrogen and oxygen atoms in total. The summed E-state index contributed by atoms with van der Waals surface area (Å²) >= 11 is 5.97. The maximum absolute atomic E-state index is 5.97. The lowest BCUT2D eigenvalue weighted by Crippen LogP contribution is -2.17. The number of aromatic nitrogens is 2. The third kappa shape index (κ3) is 3.40. The SMILES string of the molecule is CCNC(C)c1nnc(Nc2ccc(Cl)c(OC)c2)o1. The number of hydrogen-bond donors (Lipinski definition) is 2. The number of halogens is 1. The summed E-state index contributed by atoms with van der Waals surface area (Å²) in [5.41, 5.74) is 0.762. The first kappa shape index (κ1) is 14.6. The molecule has 0 aliphatic carbocycles. The smallest absolute Gasteiger partial charge is 0.320 e. The highest BCUT2D eigenvalue weighted by atomic mass is 35.5. The topological polar surface area (TPSA) is 72.2 Å². The highest BCUT2D eigenvalue weighted by molar-refractivity contribution is 6.32. The van der Waals surface area contributed by atoms with Crippen molar-refractivity contribution >= 4 is 23.3 Å². The molecular weight excluding hydrogens is 280 g/mol. The van der Waals surface area contributed by atoms with Gasteiger partial charge in [-0.05, 0) is 25.6 Å². The van der Waals surface area contributed by atoms with Crippen LogP contribution in [-0.4, -0.2) is 23.9 Å². The molecule has 0 aliphatic heterocycles. The Balaban J connectivity index is 2.10. The van der Waals surface area contributed by atoms with Crippen molar-refractivity contribution in [3.05, 3.63) is 29.1 Å². The van der Waals surface area contributed by atoms with Crippen LogP contribution in [0.15, 0.2) is 22.6 Å². The van der Waals surface area contributed by atoms with E-state index >= 15 is 0 Å². The van der Waals surface area contributed by atoms with E-state index in [1.165, 1.54) is 0 Å². The molecule has 1 aromatic carbocycles. The third-order valence-electron chi connectivity index (χ3n) is 2.72. The third-order valence-corrected chi connectivity index (χ3v) is 3.04. The fourth-order valence-electron chi connectivity index (χ4n) is 1.71. The van der Waals surface area contributed by atoms with Gasteiger partial charge in [-0.2, -0.15) is 0 Å². The van der Waals surface area contributed by atoms with Gasteiger partial charge in [0.25, 0.3) is 0 Å². The molecule has 2 aromatic rings. The average Bonchev–Trinajstić information content (AvgIpc) is 2.90. The molecule has 0 radical (unpaired) electrons. The minimum atomic E-state index is 0.0165. The molecule has 20 heavy (non-hydrogen) atoms. The van der Waals surface area contributed by atoms with Crippen molar-refractivity contribution in [1.82, 2.24) is 15.5 Å². The van der Waals surface area contributed by atoms with Gasteiger partial charge >= 0.3 is 6.01 Å². The molecule has 0 aliphatic rings. The van der Waals surface area contributed by atoms with Crippen LogP contribution in [0.1, 0.15) is 25.8 Å². The van der Waals surface area contributed by atoms with Gasteiger partial charge in [0, 0.05) is 11.8 Å². The Labute approximate surface area is 122 Å². The Kier molecular flexibility index (Phi) is 4.81. The number of hydrogen-bond acceptors (Lipinski definition) is 6. The fraction of sp³-hybridized carbons (Fsp3) is 0.385. The van der Waals surface area contributed by atoms with Gasteiger partial charge in [-0.1, -0.05) is 23.6 Å². The van der Waals surface area contributed by atoms with Crippen molar-refractivity contribution in [3.8, 4) is 5.75 Å². The zero-order valence-electron chi connectivity index (χ0n) is 11.6. The number of methoxy groups -OCH3 is 1. The molecule has 1 atom stereocenters. The molecule has 0 saturated carbocycles. The standard InChI is InChI=1S/C13H17ClN4O2/c1-4-15-8(2)12-17-18-13(20-12)16-9-5-6-10(14)11(7-9)19-3/h5-8,15H,4H2,1-3H3,(H,16,18). The van der Waals surface area contributed by atoms with Crippen LogP contribution in [0.25, 0.3) is 0 Å². The molecule has 2 N–H and O–H groups in total. The second-order valence-electron chi connectivity index (χ2n) is 4.20. The molecule has 0 amide bonds. The molecule has 2 rings (SSSR count). The zero-order valence-corrected chi connectivity index (χ0v) is 12.4. The normalized spacial score (nSPS) is 12.2. The number of ether oxygens (including phenoxy) is 1. The van der Waals surface area contributed by atoms with Crippen molar-refractivity contribution < 1.29 is 9.15 Å². The molecule has 0 saturated heterocycles. The van der Waals surface area contributed by atoms with Crippen LogP contribution in [0.3, 0.4) is 0 Å². The number of anilines is 2. The van der Waals surface area contributed by atoms with Crippen LogP contribution < -0.4 is 15.4 Å². The van der Waals surface area contributed by atoms with Crippen LogP contribution >= 0.6 is 11.6 Å². The number of nitrogens with one attached hydrogen (secondary N) is 2. The lowest BCUT2D eigenvalue weighted by Gasteiger charge is -2.07. The van der Waals surface area contributed by atoms with E-state index in [0.717, 1.165) is 12.2 Å². The van der Waals surface area contributed by atoms with Crippen molar-refractivity contribution in [3.63, 3.8) is 0 Å². The number of rotatable bonds is 6. The Morgan fingerprint density at radius 2 is 2.20 bits per heavy atom. The highest BCUT2D eigenvalue weighted by Gasteiger charge is 2.13. The summed E-state index contributed by atoms with van der Waals surface area (Å²) in [6, 6.07) is 5.65. The van der Waals surface area contributed by atoms with Gasteiger partial charge in [0.15, 0.2) is 0 Å². The first-order chi connectivity index (χ1) is 9.63. The van der Waals surface area contributed by atoms with E-state index in [4.69, 9.17) is 20.8 Å². The summed E-state index contributed by atoms with van der Waals surface area (Å²) in [6.45, 7) is 4.82. The molecule has 7 heteroatoms. The zero-order chi connectivity index (χ0) is 14.5. The van der Waals surface area contributed by atoms with Gasteiger partial charge in [-0.25, -0.2) is 0 Å². The van der Waals surface area contributed by atoms with E-state index in [0.29, 0.717) is 22.7 Å². The summed E-state index contributed by atoms with van der Waals surface area (Å²) in [7, 11) is 1.56. The summed E-state index contributed by atoms with van der Waals surface area (Å²) in [6.07, 6.45) is 0. The predicted octanol–water partition coefficient (Wildman–Crippen LogP) is 3.15. The maximum atomic E-state index is 5.97. The molecule has 0 spiro atoms. The maximum Gasteiger partial charge on any atom is 0.320 e. The molecular formula is C13H17ClN4O2. The van der Waals surface area contributed by atoms with Gasteiger partial charge in [-0.15, -0.1) is 5.10 Å². The lowest BCUT2D eigenvalue weighted by atomic mass is 10.3.